The monoisotopic (exact) mass is 254 g/mol. The van der Waals surface area contributed by atoms with Crippen LogP contribution in [0, 0.1) is 0 Å². The zero-order valence-electron chi connectivity index (χ0n) is 12.2. The van der Waals surface area contributed by atoms with Gasteiger partial charge >= 0.3 is 0 Å². The van der Waals surface area contributed by atoms with Crippen molar-refractivity contribution in [2.75, 3.05) is 58.9 Å². The highest BCUT2D eigenvalue weighted by atomic mass is 15.3. The fourth-order valence-corrected chi connectivity index (χ4v) is 3.01. The Morgan fingerprint density at radius 1 is 0.778 bits per heavy atom. The second-order valence-electron chi connectivity index (χ2n) is 6.28. The third-order valence-electron chi connectivity index (χ3n) is 4.31. The van der Waals surface area contributed by atoms with Gasteiger partial charge in [-0.3, -0.25) is 4.90 Å². The van der Waals surface area contributed by atoms with Gasteiger partial charge in [-0.1, -0.05) is 0 Å². The molecule has 4 nitrogen and oxygen atoms in total. The van der Waals surface area contributed by atoms with Crippen molar-refractivity contribution >= 4 is 0 Å². The summed E-state index contributed by atoms with van der Waals surface area (Å²) in [6, 6.07) is 0. The highest BCUT2D eigenvalue weighted by molar-refractivity contribution is 4.86. The molecule has 2 saturated heterocycles. The van der Waals surface area contributed by atoms with Crippen LogP contribution in [-0.4, -0.2) is 74.2 Å². The van der Waals surface area contributed by atoms with Crippen LogP contribution >= 0.6 is 0 Å². The molecule has 18 heavy (non-hydrogen) atoms. The summed E-state index contributed by atoms with van der Waals surface area (Å²) in [6.07, 6.45) is 2.54. The molecule has 2 bridgehead atoms. The van der Waals surface area contributed by atoms with Crippen LogP contribution in [0.2, 0.25) is 0 Å². The Morgan fingerprint density at radius 2 is 1.56 bits per heavy atom. The van der Waals surface area contributed by atoms with Gasteiger partial charge in [0.15, 0.2) is 0 Å². The number of fused-ring (bicyclic) bond motifs is 3. The van der Waals surface area contributed by atoms with Gasteiger partial charge in [0.1, 0.15) is 0 Å². The maximum absolute atomic E-state index is 3.63. The molecule has 2 fully saturated rings. The molecule has 2 atom stereocenters. The van der Waals surface area contributed by atoms with E-state index in [9.17, 15) is 0 Å². The summed E-state index contributed by atoms with van der Waals surface area (Å²) in [4.78, 5) is 5.29. The van der Waals surface area contributed by atoms with Gasteiger partial charge in [-0.15, -0.1) is 0 Å². The Kier molecular flexibility index (Phi) is 5.42. The number of nitrogens with one attached hydrogen (secondary N) is 2. The number of hydrogen-bond donors (Lipinski definition) is 2. The third-order valence-corrected chi connectivity index (χ3v) is 4.31. The van der Waals surface area contributed by atoms with E-state index in [1.54, 1.807) is 0 Å². The molecule has 0 saturated carbocycles. The summed E-state index contributed by atoms with van der Waals surface area (Å²) in [6.45, 7) is 15.4. The lowest BCUT2D eigenvalue weighted by Crippen LogP contribution is -2.55. The van der Waals surface area contributed by atoms with Gasteiger partial charge in [0.25, 0.3) is 0 Å². The Bertz CT molecular complexity index is 240. The standard InChI is InChI=1S/C14H30N4/c1-14(2)13-16-6-3-8-17-10-7-15-5-4-9-18(14)12-11-17/h15-16H,3-13H2,1-2H3. The lowest BCUT2D eigenvalue weighted by molar-refractivity contribution is 0.0885. The first-order valence-electron chi connectivity index (χ1n) is 7.57. The van der Waals surface area contributed by atoms with Gasteiger partial charge in [-0.25, -0.2) is 0 Å². The van der Waals surface area contributed by atoms with E-state index in [0.29, 0.717) is 0 Å². The van der Waals surface area contributed by atoms with Gasteiger partial charge in [-0.2, -0.15) is 0 Å². The zero-order valence-corrected chi connectivity index (χ0v) is 12.2. The van der Waals surface area contributed by atoms with Crippen LogP contribution in [0.5, 0.6) is 0 Å². The molecule has 2 rings (SSSR count). The summed E-state index contributed by atoms with van der Waals surface area (Å²) in [7, 11) is 0. The van der Waals surface area contributed by atoms with Crippen molar-refractivity contribution in [3.05, 3.63) is 0 Å². The lowest BCUT2D eigenvalue weighted by atomic mass is 10.0. The predicted molar refractivity (Wildman–Crippen MR) is 77.1 cm³/mol. The average molecular weight is 254 g/mol. The second-order valence-corrected chi connectivity index (χ2v) is 6.28. The third kappa shape index (κ3) is 4.19. The first kappa shape index (κ1) is 14.3. The number of rotatable bonds is 0. The Morgan fingerprint density at radius 3 is 2.44 bits per heavy atom. The Labute approximate surface area is 112 Å². The minimum atomic E-state index is 0.280. The van der Waals surface area contributed by atoms with Crippen LogP contribution in [0.25, 0.3) is 0 Å². The van der Waals surface area contributed by atoms with Crippen molar-refractivity contribution in [2.45, 2.75) is 32.2 Å². The molecule has 2 heterocycles. The molecule has 0 amide bonds. The largest absolute Gasteiger partial charge is 0.315 e. The van der Waals surface area contributed by atoms with Gasteiger partial charge in [0.05, 0.1) is 0 Å². The molecule has 106 valence electrons. The first-order chi connectivity index (χ1) is 8.68. The number of hydrogen-bond acceptors (Lipinski definition) is 4. The van der Waals surface area contributed by atoms with Crippen molar-refractivity contribution in [3.8, 4) is 0 Å². The second kappa shape index (κ2) is 6.85. The first-order valence-corrected chi connectivity index (χ1v) is 7.57. The molecule has 2 aliphatic rings. The van der Waals surface area contributed by atoms with Crippen LogP contribution in [0.4, 0.5) is 0 Å². The predicted octanol–water partition coefficient (Wildman–Crippen LogP) is 0.356. The Hall–Kier alpha value is -0.160. The minimum absolute atomic E-state index is 0.280. The van der Waals surface area contributed by atoms with Crippen LogP contribution in [0.15, 0.2) is 0 Å². The summed E-state index contributed by atoms with van der Waals surface area (Å²) >= 11 is 0. The lowest BCUT2D eigenvalue weighted by Gasteiger charge is -2.41. The molecule has 0 radical (unpaired) electrons. The fraction of sp³-hybridized carbons (Fsp3) is 1.00. The highest BCUT2D eigenvalue weighted by Gasteiger charge is 2.27. The summed E-state index contributed by atoms with van der Waals surface area (Å²) < 4.78 is 0. The van der Waals surface area contributed by atoms with Crippen molar-refractivity contribution < 1.29 is 0 Å². The van der Waals surface area contributed by atoms with Gasteiger partial charge < -0.3 is 15.5 Å². The van der Waals surface area contributed by atoms with E-state index in [1.165, 1.54) is 45.6 Å². The molecular weight excluding hydrogens is 224 g/mol. The van der Waals surface area contributed by atoms with E-state index in [4.69, 9.17) is 0 Å². The van der Waals surface area contributed by atoms with Crippen molar-refractivity contribution in [1.82, 2.24) is 20.4 Å². The molecule has 4 heteroatoms. The summed E-state index contributed by atoms with van der Waals surface area (Å²) in [5.74, 6) is 0. The molecule has 2 aliphatic heterocycles. The Balaban J connectivity index is 2.03. The highest BCUT2D eigenvalue weighted by Crippen LogP contribution is 2.15. The molecule has 0 aromatic rings. The van der Waals surface area contributed by atoms with Gasteiger partial charge in [-0.05, 0) is 52.9 Å². The summed E-state index contributed by atoms with van der Waals surface area (Å²) in [5, 5.41) is 7.20. The van der Waals surface area contributed by atoms with E-state index >= 15 is 0 Å². The molecule has 0 spiro atoms. The maximum atomic E-state index is 3.63. The molecule has 2 unspecified atom stereocenters. The summed E-state index contributed by atoms with van der Waals surface area (Å²) in [5.41, 5.74) is 0.280. The van der Waals surface area contributed by atoms with Crippen molar-refractivity contribution in [1.29, 1.82) is 0 Å². The normalized spacial score (nSPS) is 35.0. The SMILES string of the molecule is CC1(C)CNCCCN2CCNCCCN1CC2. The van der Waals surface area contributed by atoms with Crippen LogP contribution in [0.3, 0.4) is 0 Å². The maximum Gasteiger partial charge on any atom is 0.0278 e. The molecular formula is C14H30N4. The van der Waals surface area contributed by atoms with Crippen LogP contribution in [0.1, 0.15) is 26.7 Å². The smallest absolute Gasteiger partial charge is 0.0278 e. The van der Waals surface area contributed by atoms with E-state index in [-0.39, 0.29) is 5.54 Å². The van der Waals surface area contributed by atoms with Gasteiger partial charge in [0, 0.05) is 38.3 Å². The molecule has 0 aromatic carbocycles. The fourth-order valence-electron chi connectivity index (χ4n) is 3.01. The van der Waals surface area contributed by atoms with Gasteiger partial charge in [0.2, 0.25) is 0 Å². The molecule has 0 aliphatic carbocycles. The minimum Gasteiger partial charge on any atom is -0.315 e. The quantitative estimate of drug-likeness (QED) is 0.653. The zero-order chi connectivity index (χ0) is 12.8. The van der Waals surface area contributed by atoms with Crippen LogP contribution in [-0.2, 0) is 0 Å². The number of nitrogens with zero attached hydrogens (tertiary/aromatic N) is 2. The molecule has 0 aromatic heterocycles. The van der Waals surface area contributed by atoms with E-state index in [0.717, 1.165) is 26.2 Å². The van der Waals surface area contributed by atoms with Crippen molar-refractivity contribution in [3.63, 3.8) is 0 Å². The average Bonchev–Trinajstić information content (AvgIpc) is 2.35. The van der Waals surface area contributed by atoms with E-state index < -0.39 is 0 Å². The molecule has 2 N–H and O–H groups in total. The topological polar surface area (TPSA) is 30.5 Å². The van der Waals surface area contributed by atoms with Crippen LogP contribution < -0.4 is 10.6 Å². The van der Waals surface area contributed by atoms with E-state index in [1.807, 2.05) is 0 Å². The van der Waals surface area contributed by atoms with Crippen molar-refractivity contribution in [2.24, 2.45) is 0 Å². The van der Waals surface area contributed by atoms with E-state index in [2.05, 4.69) is 34.3 Å².